The number of sulfonamides is 1. The molecule has 1 N–H and O–H groups in total. The molecule has 0 atom stereocenters. The number of nitrogens with one attached hydrogen (secondary N) is 1. The lowest BCUT2D eigenvalue weighted by Crippen LogP contribution is -2.26. The monoisotopic (exact) mass is 376 g/mol. The van der Waals surface area contributed by atoms with Gasteiger partial charge in [-0.15, -0.1) is 0 Å². The highest BCUT2D eigenvalue weighted by Gasteiger charge is 2.14. The lowest BCUT2D eigenvalue weighted by Gasteiger charge is -2.22. The molecule has 4 nitrogen and oxygen atoms in total. The van der Waals surface area contributed by atoms with E-state index in [4.69, 9.17) is 0 Å². The van der Waals surface area contributed by atoms with Crippen molar-refractivity contribution >= 4 is 15.7 Å². The minimum Gasteiger partial charge on any atom is -0.372 e. The Morgan fingerprint density at radius 1 is 0.962 bits per heavy atom. The van der Waals surface area contributed by atoms with E-state index < -0.39 is 15.8 Å². The van der Waals surface area contributed by atoms with E-state index in [1.165, 1.54) is 49.6 Å². The van der Waals surface area contributed by atoms with Crippen LogP contribution in [0.1, 0.15) is 31.2 Å². The molecule has 0 spiro atoms. The van der Waals surface area contributed by atoms with Gasteiger partial charge in [-0.05, 0) is 55.2 Å². The van der Waals surface area contributed by atoms with Crippen molar-refractivity contribution in [1.82, 2.24) is 4.72 Å². The van der Waals surface area contributed by atoms with Crippen molar-refractivity contribution in [3.63, 3.8) is 0 Å². The lowest BCUT2D eigenvalue weighted by molar-refractivity contribution is 0.577. The molecule has 1 aliphatic heterocycles. The average Bonchev–Trinajstić information content (AvgIpc) is 2.92. The molecule has 0 bridgehead atoms. The number of benzene rings is 2. The van der Waals surface area contributed by atoms with Gasteiger partial charge in [-0.2, -0.15) is 0 Å². The van der Waals surface area contributed by atoms with Crippen LogP contribution in [0.2, 0.25) is 0 Å². The second-order valence-electron chi connectivity index (χ2n) is 6.67. The summed E-state index contributed by atoms with van der Waals surface area (Å²) in [4.78, 5) is 2.37. The van der Waals surface area contributed by atoms with Crippen LogP contribution in [0.3, 0.4) is 0 Å². The van der Waals surface area contributed by atoms with Gasteiger partial charge in [0.25, 0.3) is 0 Å². The molecule has 1 fully saturated rings. The molecule has 26 heavy (non-hydrogen) atoms. The fourth-order valence-corrected chi connectivity index (χ4v) is 4.31. The second-order valence-corrected chi connectivity index (χ2v) is 8.44. The van der Waals surface area contributed by atoms with Gasteiger partial charge in [0.1, 0.15) is 5.82 Å². The van der Waals surface area contributed by atoms with Gasteiger partial charge in [0.2, 0.25) is 10.0 Å². The topological polar surface area (TPSA) is 49.4 Å². The summed E-state index contributed by atoms with van der Waals surface area (Å²) in [5, 5.41) is 0. The Kier molecular flexibility index (Phi) is 6.27. The number of rotatable bonds is 6. The van der Waals surface area contributed by atoms with Crippen LogP contribution >= 0.6 is 0 Å². The molecule has 2 aromatic carbocycles. The first-order valence-electron chi connectivity index (χ1n) is 9.14. The minimum atomic E-state index is -3.68. The van der Waals surface area contributed by atoms with Gasteiger partial charge < -0.3 is 4.90 Å². The maximum Gasteiger partial charge on any atom is 0.240 e. The van der Waals surface area contributed by atoms with Gasteiger partial charge in [-0.1, -0.05) is 31.0 Å². The third kappa shape index (κ3) is 5.05. The first-order valence-corrected chi connectivity index (χ1v) is 10.6. The zero-order chi connectivity index (χ0) is 18.4. The van der Waals surface area contributed by atoms with Crippen molar-refractivity contribution in [3.05, 3.63) is 59.9 Å². The number of halogens is 1. The van der Waals surface area contributed by atoms with Crippen LogP contribution in [0.25, 0.3) is 0 Å². The van der Waals surface area contributed by atoms with Crippen molar-refractivity contribution < 1.29 is 12.8 Å². The Balaban J connectivity index is 1.55. The Bertz CT molecular complexity index is 814. The summed E-state index contributed by atoms with van der Waals surface area (Å²) < 4.78 is 40.1. The van der Waals surface area contributed by atoms with Gasteiger partial charge in [0.15, 0.2) is 0 Å². The third-order valence-corrected chi connectivity index (χ3v) is 6.18. The summed E-state index contributed by atoms with van der Waals surface area (Å²) in [7, 11) is -3.68. The van der Waals surface area contributed by atoms with Crippen molar-refractivity contribution in [2.45, 2.75) is 37.0 Å². The third-order valence-electron chi connectivity index (χ3n) is 4.72. The van der Waals surface area contributed by atoms with Crippen molar-refractivity contribution in [3.8, 4) is 0 Å². The fraction of sp³-hybridized carbons (Fsp3) is 0.400. The van der Waals surface area contributed by atoms with E-state index in [1.807, 2.05) is 0 Å². The van der Waals surface area contributed by atoms with Gasteiger partial charge in [-0.25, -0.2) is 17.5 Å². The molecule has 1 aliphatic rings. The van der Waals surface area contributed by atoms with Crippen LogP contribution in [0.5, 0.6) is 0 Å². The first-order chi connectivity index (χ1) is 12.5. The molecule has 0 amide bonds. The SMILES string of the molecule is O=S(=O)(NCCc1ccc(N2CCCCCC2)cc1)c1cccc(F)c1. The zero-order valence-corrected chi connectivity index (χ0v) is 15.6. The molecule has 6 heteroatoms. The van der Waals surface area contributed by atoms with E-state index in [1.54, 1.807) is 0 Å². The Hall–Kier alpha value is -1.92. The average molecular weight is 376 g/mol. The molecule has 0 aromatic heterocycles. The molecule has 3 rings (SSSR count). The summed E-state index contributed by atoms with van der Waals surface area (Å²) in [6.07, 6.45) is 5.68. The van der Waals surface area contributed by atoms with Crippen LogP contribution in [0, 0.1) is 5.82 Å². The normalized spacial score (nSPS) is 15.7. The summed E-state index contributed by atoms with van der Waals surface area (Å²) in [5.41, 5.74) is 2.31. The molecule has 0 aliphatic carbocycles. The van der Waals surface area contributed by atoms with Crippen LogP contribution in [0.4, 0.5) is 10.1 Å². The zero-order valence-electron chi connectivity index (χ0n) is 14.8. The second kappa shape index (κ2) is 8.64. The number of nitrogens with zero attached hydrogens (tertiary/aromatic N) is 1. The highest BCUT2D eigenvalue weighted by atomic mass is 32.2. The molecular formula is C20H25FN2O2S. The van der Waals surface area contributed by atoms with E-state index >= 15 is 0 Å². The first kappa shape index (κ1) is 18.9. The Labute approximate surface area is 155 Å². The number of hydrogen-bond donors (Lipinski definition) is 1. The van der Waals surface area contributed by atoms with Crippen LogP contribution in [-0.4, -0.2) is 28.1 Å². The van der Waals surface area contributed by atoms with E-state index in [0.29, 0.717) is 6.42 Å². The van der Waals surface area contributed by atoms with Gasteiger partial charge >= 0.3 is 0 Å². The highest BCUT2D eigenvalue weighted by molar-refractivity contribution is 7.89. The molecule has 0 saturated carbocycles. The number of anilines is 1. The molecule has 0 radical (unpaired) electrons. The predicted molar refractivity (Wildman–Crippen MR) is 102 cm³/mol. The van der Waals surface area contributed by atoms with Crippen LogP contribution < -0.4 is 9.62 Å². The maximum atomic E-state index is 13.2. The van der Waals surface area contributed by atoms with E-state index in [0.717, 1.165) is 24.7 Å². The minimum absolute atomic E-state index is 0.0472. The molecule has 1 saturated heterocycles. The van der Waals surface area contributed by atoms with Gasteiger partial charge in [0, 0.05) is 25.3 Å². The van der Waals surface area contributed by atoms with Gasteiger partial charge in [0.05, 0.1) is 4.90 Å². The predicted octanol–water partition coefficient (Wildman–Crippen LogP) is 3.73. The summed E-state index contributed by atoms with van der Waals surface area (Å²) in [6.45, 7) is 2.49. The molecule has 0 unspecified atom stereocenters. The van der Waals surface area contributed by atoms with E-state index in [2.05, 4.69) is 33.9 Å². The smallest absolute Gasteiger partial charge is 0.240 e. The van der Waals surface area contributed by atoms with E-state index in [-0.39, 0.29) is 11.4 Å². The Morgan fingerprint density at radius 3 is 2.31 bits per heavy atom. The van der Waals surface area contributed by atoms with E-state index in [9.17, 15) is 12.8 Å². The lowest BCUT2D eigenvalue weighted by atomic mass is 10.1. The molecule has 1 heterocycles. The van der Waals surface area contributed by atoms with Crippen LogP contribution in [0.15, 0.2) is 53.4 Å². The Morgan fingerprint density at radius 2 is 1.65 bits per heavy atom. The highest BCUT2D eigenvalue weighted by Crippen LogP contribution is 2.20. The molecular weight excluding hydrogens is 351 g/mol. The molecule has 2 aromatic rings. The largest absolute Gasteiger partial charge is 0.372 e. The van der Waals surface area contributed by atoms with Gasteiger partial charge in [-0.3, -0.25) is 0 Å². The van der Waals surface area contributed by atoms with Crippen LogP contribution in [-0.2, 0) is 16.4 Å². The van der Waals surface area contributed by atoms with Crippen molar-refractivity contribution in [2.75, 3.05) is 24.5 Å². The quantitative estimate of drug-likeness (QED) is 0.836. The van der Waals surface area contributed by atoms with Crippen molar-refractivity contribution in [2.24, 2.45) is 0 Å². The number of hydrogen-bond acceptors (Lipinski definition) is 3. The molecule has 140 valence electrons. The van der Waals surface area contributed by atoms with Crippen molar-refractivity contribution in [1.29, 1.82) is 0 Å². The standard InChI is InChI=1S/C20H25FN2O2S/c21-18-6-5-7-20(16-18)26(24,25)22-13-12-17-8-10-19(11-9-17)23-14-3-1-2-4-15-23/h5-11,16,22H,1-4,12-15H2. The summed E-state index contributed by atoms with van der Waals surface area (Å²) in [5.74, 6) is -0.558. The maximum absolute atomic E-state index is 13.2. The summed E-state index contributed by atoms with van der Waals surface area (Å²) >= 11 is 0. The fourth-order valence-electron chi connectivity index (χ4n) is 3.25. The summed E-state index contributed by atoms with van der Waals surface area (Å²) in [6, 6.07) is 13.4.